The highest BCUT2D eigenvalue weighted by atomic mass is 32.1. The number of guanidine groups is 1. The van der Waals surface area contributed by atoms with E-state index in [1.54, 1.807) is 16.0 Å². The van der Waals surface area contributed by atoms with Crippen molar-refractivity contribution >= 4 is 17.3 Å². The first-order valence-corrected chi connectivity index (χ1v) is 6.67. The van der Waals surface area contributed by atoms with E-state index in [1.807, 2.05) is 19.3 Å². The summed E-state index contributed by atoms with van der Waals surface area (Å²) in [6.07, 6.45) is 2.86. The standard InChI is InChI=1S/C12H17N5S/c1-17-7-5-10(16-17)9-15-12(13)14-6-4-11-3-2-8-18-11/h2-3,5,7-8H,4,6,9H2,1H3,(H3,13,14,15). The van der Waals surface area contributed by atoms with Gasteiger partial charge in [0.2, 0.25) is 0 Å². The average Bonchev–Trinajstić information content (AvgIpc) is 2.98. The fourth-order valence-corrected chi connectivity index (χ4v) is 2.25. The van der Waals surface area contributed by atoms with Gasteiger partial charge in [0, 0.05) is 24.7 Å². The molecule has 0 saturated heterocycles. The van der Waals surface area contributed by atoms with Crippen LogP contribution < -0.4 is 11.1 Å². The number of aryl methyl sites for hydroxylation is 1. The second-order valence-electron chi connectivity index (χ2n) is 3.94. The minimum atomic E-state index is 0.470. The molecule has 0 atom stereocenters. The van der Waals surface area contributed by atoms with Crippen LogP contribution in [0.4, 0.5) is 0 Å². The van der Waals surface area contributed by atoms with E-state index in [4.69, 9.17) is 5.73 Å². The molecule has 0 bridgehead atoms. The lowest BCUT2D eigenvalue weighted by Gasteiger charge is -2.03. The van der Waals surface area contributed by atoms with Crippen molar-refractivity contribution in [3.63, 3.8) is 0 Å². The summed E-state index contributed by atoms with van der Waals surface area (Å²) in [6, 6.07) is 6.11. The Bertz CT molecular complexity index is 500. The molecule has 3 N–H and O–H groups in total. The van der Waals surface area contributed by atoms with Crippen LogP contribution in [0.25, 0.3) is 0 Å². The molecule has 0 aliphatic heterocycles. The van der Waals surface area contributed by atoms with Crippen molar-refractivity contribution in [1.29, 1.82) is 0 Å². The molecule has 18 heavy (non-hydrogen) atoms. The second kappa shape index (κ2) is 6.20. The molecule has 2 aromatic heterocycles. The largest absolute Gasteiger partial charge is 0.370 e. The number of hydrogen-bond donors (Lipinski definition) is 2. The van der Waals surface area contributed by atoms with E-state index in [-0.39, 0.29) is 0 Å². The molecule has 0 radical (unpaired) electrons. The molecular weight excluding hydrogens is 246 g/mol. The van der Waals surface area contributed by atoms with Gasteiger partial charge in [0.15, 0.2) is 5.96 Å². The predicted molar refractivity (Wildman–Crippen MR) is 74.6 cm³/mol. The zero-order valence-corrected chi connectivity index (χ0v) is 11.2. The van der Waals surface area contributed by atoms with Crippen LogP contribution in [0.15, 0.2) is 34.8 Å². The maximum Gasteiger partial charge on any atom is 0.188 e. The Hall–Kier alpha value is -1.82. The molecule has 0 saturated carbocycles. The third kappa shape index (κ3) is 3.89. The van der Waals surface area contributed by atoms with Crippen molar-refractivity contribution in [1.82, 2.24) is 15.1 Å². The van der Waals surface area contributed by atoms with Gasteiger partial charge in [-0.25, -0.2) is 4.99 Å². The van der Waals surface area contributed by atoms with Crippen LogP contribution in [0.3, 0.4) is 0 Å². The fraction of sp³-hybridized carbons (Fsp3) is 0.333. The molecule has 2 rings (SSSR count). The number of aromatic nitrogens is 2. The van der Waals surface area contributed by atoms with Gasteiger partial charge in [-0.1, -0.05) is 6.07 Å². The summed E-state index contributed by atoms with van der Waals surface area (Å²) >= 11 is 1.75. The van der Waals surface area contributed by atoms with Gasteiger partial charge in [0.25, 0.3) is 0 Å². The summed E-state index contributed by atoms with van der Waals surface area (Å²) in [5.74, 6) is 0.470. The molecule has 0 fully saturated rings. The SMILES string of the molecule is Cn1ccc(CN=C(N)NCCc2cccs2)n1. The van der Waals surface area contributed by atoms with Gasteiger partial charge in [-0.2, -0.15) is 5.10 Å². The van der Waals surface area contributed by atoms with Crippen LogP contribution in [0, 0.1) is 0 Å². The van der Waals surface area contributed by atoms with Crippen LogP contribution in [-0.2, 0) is 20.0 Å². The van der Waals surface area contributed by atoms with Crippen LogP contribution in [0.1, 0.15) is 10.6 Å². The lowest BCUT2D eigenvalue weighted by molar-refractivity contribution is 0.741. The molecule has 96 valence electrons. The minimum Gasteiger partial charge on any atom is -0.370 e. The van der Waals surface area contributed by atoms with Crippen LogP contribution in [0.5, 0.6) is 0 Å². The molecule has 0 amide bonds. The smallest absolute Gasteiger partial charge is 0.188 e. The number of hydrogen-bond acceptors (Lipinski definition) is 3. The van der Waals surface area contributed by atoms with Gasteiger partial charge in [0.1, 0.15) is 0 Å². The minimum absolute atomic E-state index is 0.470. The van der Waals surface area contributed by atoms with Crippen LogP contribution >= 0.6 is 11.3 Å². The van der Waals surface area contributed by atoms with Crippen molar-refractivity contribution < 1.29 is 0 Å². The van der Waals surface area contributed by atoms with E-state index in [0.29, 0.717) is 12.5 Å². The predicted octanol–water partition coefficient (Wildman–Crippen LogP) is 1.13. The Balaban J connectivity index is 1.72. The molecule has 5 nitrogen and oxygen atoms in total. The Morgan fingerprint density at radius 1 is 1.56 bits per heavy atom. The summed E-state index contributed by atoms with van der Waals surface area (Å²) in [6.45, 7) is 1.32. The van der Waals surface area contributed by atoms with Crippen molar-refractivity contribution in [3.05, 3.63) is 40.3 Å². The summed E-state index contributed by atoms with van der Waals surface area (Å²) < 4.78 is 1.76. The number of nitrogens with one attached hydrogen (secondary N) is 1. The van der Waals surface area contributed by atoms with Gasteiger partial charge in [0.05, 0.1) is 12.2 Å². The number of nitrogens with two attached hydrogens (primary N) is 1. The number of thiophene rings is 1. The van der Waals surface area contributed by atoms with E-state index < -0.39 is 0 Å². The quantitative estimate of drug-likeness (QED) is 0.627. The van der Waals surface area contributed by atoms with Gasteiger partial charge < -0.3 is 11.1 Å². The highest BCUT2D eigenvalue weighted by Gasteiger charge is 1.97. The third-order valence-electron chi connectivity index (χ3n) is 2.44. The normalized spacial score (nSPS) is 11.7. The fourth-order valence-electron chi connectivity index (χ4n) is 1.54. The van der Waals surface area contributed by atoms with E-state index in [2.05, 4.69) is 32.9 Å². The summed E-state index contributed by atoms with van der Waals surface area (Å²) in [4.78, 5) is 5.58. The molecule has 0 aromatic carbocycles. The molecule has 0 aliphatic carbocycles. The van der Waals surface area contributed by atoms with Crippen LogP contribution in [-0.4, -0.2) is 22.3 Å². The molecule has 0 unspecified atom stereocenters. The third-order valence-corrected chi connectivity index (χ3v) is 3.37. The molecule has 0 spiro atoms. The van der Waals surface area contributed by atoms with E-state index >= 15 is 0 Å². The van der Waals surface area contributed by atoms with Crippen molar-refractivity contribution in [2.75, 3.05) is 6.54 Å². The Morgan fingerprint density at radius 3 is 3.11 bits per heavy atom. The first-order chi connectivity index (χ1) is 8.74. The molecule has 2 heterocycles. The first kappa shape index (κ1) is 12.6. The van der Waals surface area contributed by atoms with E-state index in [1.165, 1.54) is 4.88 Å². The summed E-state index contributed by atoms with van der Waals surface area (Å²) in [7, 11) is 1.88. The Kier molecular flexibility index (Phi) is 4.35. The van der Waals surface area contributed by atoms with Crippen molar-refractivity contribution in [2.24, 2.45) is 17.8 Å². The van der Waals surface area contributed by atoms with Gasteiger partial charge in [-0.3, -0.25) is 4.68 Å². The lowest BCUT2D eigenvalue weighted by Crippen LogP contribution is -2.33. The summed E-state index contributed by atoms with van der Waals surface area (Å²) in [5, 5.41) is 9.41. The molecule has 6 heteroatoms. The van der Waals surface area contributed by atoms with Gasteiger partial charge in [-0.15, -0.1) is 11.3 Å². The molecular formula is C12H17N5S. The van der Waals surface area contributed by atoms with Gasteiger partial charge >= 0.3 is 0 Å². The maximum atomic E-state index is 5.78. The molecule has 0 aliphatic rings. The van der Waals surface area contributed by atoms with Gasteiger partial charge in [-0.05, 0) is 23.9 Å². The maximum absolute atomic E-state index is 5.78. The van der Waals surface area contributed by atoms with Crippen molar-refractivity contribution in [2.45, 2.75) is 13.0 Å². The van der Waals surface area contributed by atoms with Crippen LogP contribution in [0.2, 0.25) is 0 Å². The lowest BCUT2D eigenvalue weighted by atomic mass is 10.3. The first-order valence-electron chi connectivity index (χ1n) is 5.79. The highest BCUT2D eigenvalue weighted by molar-refractivity contribution is 7.09. The zero-order valence-electron chi connectivity index (χ0n) is 10.3. The number of aliphatic imine (C=N–C) groups is 1. The molecule has 2 aromatic rings. The average molecular weight is 263 g/mol. The number of rotatable bonds is 5. The second-order valence-corrected chi connectivity index (χ2v) is 4.97. The van der Waals surface area contributed by atoms with Crippen molar-refractivity contribution in [3.8, 4) is 0 Å². The topological polar surface area (TPSA) is 68.2 Å². The summed E-state index contributed by atoms with van der Waals surface area (Å²) in [5.41, 5.74) is 6.69. The zero-order chi connectivity index (χ0) is 12.8. The monoisotopic (exact) mass is 263 g/mol. The van der Waals surface area contributed by atoms with E-state index in [9.17, 15) is 0 Å². The Morgan fingerprint density at radius 2 is 2.44 bits per heavy atom. The number of nitrogens with zero attached hydrogens (tertiary/aromatic N) is 3. The Labute approximate surface area is 110 Å². The highest BCUT2D eigenvalue weighted by Crippen LogP contribution is 2.07. The van der Waals surface area contributed by atoms with E-state index in [0.717, 1.165) is 18.7 Å².